The number of rotatable bonds is 8. The van der Waals surface area contributed by atoms with Gasteiger partial charge in [0.2, 0.25) is 0 Å². The molecule has 1 rings (SSSR count). The fourth-order valence-corrected chi connectivity index (χ4v) is 1.71. The quantitative estimate of drug-likeness (QED) is 0.214. The van der Waals surface area contributed by atoms with E-state index in [1.165, 1.54) is 12.8 Å². The van der Waals surface area contributed by atoms with Gasteiger partial charge in [-0.15, -0.1) is 0 Å². The largest absolute Gasteiger partial charge is 0.409 e. The zero-order valence-electron chi connectivity index (χ0n) is 9.54. The number of ether oxygens (including phenoxy) is 1. The van der Waals surface area contributed by atoms with Crippen molar-refractivity contribution in [1.82, 2.24) is 0 Å². The Morgan fingerprint density at radius 1 is 1.47 bits per heavy atom. The molecule has 0 heterocycles. The van der Waals surface area contributed by atoms with Crippen LogP contribution in [0.15, 0.2) is 5.16 Å². The van der Waals surface area contributed by atoms with Crippen molar-refractivity contribution in [2.24, 2.45) is 16.3 Å². The number of hydrogen-bond donors (Lipinski definition) is 2. The highest BCUT2D eigenvalue weighted by atomic mass is 16.5. The van der Waals surface area contributed by atoms with E-state index in [4.69, 9.17) is 15.7 Å². The Morgan fingerprint density at radius 2 is 2.20 bits per heavy atom. The van der Waals surface area contributed by atoms with Crippen molar-refractivity contribution in [2.75, 3.05) is 13.2 Å². The standard InChI is InChI=1S/C11H22N2O2/c1-2-3-4-7-15-9-11(5-6-11)8-10(12)13-14/h14H,2-9H2,1H3,(H2,12,13). The minimum Gasteiger partial charge on any atom is -0.409 e. The van der Waals surface area contributed by atoms with Gasteiger partial charge in [0, 0.05) is 18.4 Å². The van der Waals surface area contributed by atoms with E-state index in [0.717, 1.165) is 32.5 Å². The fourth-order valence-electron chi connectivity index (χ4n) is 1.71. The van der Waals surface area contributed by atoms with Gasteiger partial charge in [0.15, 0.2) is 0 Å². The third-order valence-corrected chi connectivity index (χ3v) is 2.94. The first-order valence-electron chi connectivity index (χ1n) is 5.76. The van der Waals surface area contributed by atoms with Crippen LogP contribution in [0.3, 0.4) is 0 Å². The van der Waals surface area contributed by atoms with Gasteiger partial charge in [-0.25, -0.2) is 0 Å². The summed E-state index contributed by atoms with van der Waals surface area (Å²) in [4.78, 5) is 0. The number of oxime groups is 1. The molecule has 0 unspecified atom stereocenters. The maximum atomic E-state index is 8.49. The Morgan fingerprint density at radius 3 is 2.73 bits per heavy atom. The predicted octanol–water partition coefficient (Wildman–Crippen LogP) is 2.11. The molecule has 4 nitrogen and oxygen atoms in total. The summed E-state index contributed by atoms with van der Waals surface area (Å²) in [6.45, 7) is 3.78. The summed E-state index contributed by atoms with van der Waals surface area (Å²) < 4.78 is 5.62. The van der Waals surface area contributed by atoms with Crippen LogP contribution in [0.4, 0.5) is 0 Å². The van der Waals surface area contributed by atoms with Crippen LogP contribution in [-0.2, 0) is 4.74 Å². The topological polar surface area (TPSA) is 67.8 Å². The highest BCUT2D eigenvalue weighted by molar-refractivity contribution is 5.80. The minimum absolute atomic E-state index is 0.183. The van der Waals surface area contributed by atoms with Crippen LogP contribution >= 0.6 is 0 Å². The van der Waals surface area contributed by atoms with Crippen molar-refractivity contribution in [2.45, 2.75) is 45.4 Å². The summed E-state index contributed by atoms with van der Waals surface area (Å²) >= 11 is 0. The van der Waals surface area contributed by atoms with Crippen molar-refractivity contribution >= 4 is 5.84 Å². The Bertz CT molecular complexity index is 213. The third kappa shape index (κ3) is 4.51. The van der Waals surface area contributed by atoms with Crippen LogP contribution in [0.2, 0.25) is 0 Å². The molecule has 0 bridgehead atoms. The summed E-state index contributed by atoms with van der Waals surface area (Å²) in [7, 11) is 0. The molecule has 1 saturated carbocycles. The lowest BCUT2D eigenvalue weighted by Crippen LogP contribution is -2.21. The summed E-state index contributed by atoms with van der Waals surface area (Å²) in [5.41, 5.74) is 5.68. The lowest BCUT2D eigenvalue weighted by Gasteiger charge is -2.14. The number of amidine groups is 1. The molecule has 0 saturated heterocycles. The second-order valence-electron chi connectivity index (χ2n) is 4.53. The Kier molecular flexibility index (Phi) is 4.88. The van der Waals surface area contributed by atoms with Gasteiger partial charge in [0.05, 0.1) is 6.61 Å². The molecule has 0 aromatic rings. The monoisotopic (exact) mass is 214 g/mol. The van der Waals surface area contributed by atoms with Gasteiger partial charge in [0.25, 0.3) is 0 Å². The molecular weight excluding hydrogens is 192 g/mol. The van der Waals surface area contributed by atoms with E-state index in [1.807, 2.05) is 0 Å². The molecule has 15 heavy (non-hydrogen) atoms. The molecule has 0 radical (unpaired) electrons. The van der Waals surface area contributed by atoms with Gasteiger partial charge in [-0.3, -0.25) is 0 Å². The number of unbranched alkanes of at least 4 members (excludes halogenated alkanes) is 2. The second-order valence-corrected chi connectivity index (χ2v) is 4.53. The number of hydrogen-bond acceptors (Lipinski definition) is 3. The minimum atomic E-state index is 0.183. The van der Waals surface area contributed by atoms with Crippen molar-refractivity contribution in [3.63, 3.8) is 0 Å². The summed E-state index contributed by atoms with van der Waals surface area (Å²) in [6.07, 6.45) is 6.52. The van der Waals surface area contributed by atoms with Gasteiger partial charge in [0.1, 0.15) is 5.84 Å². The van der Waals surface area contributed by atoms with Gasteiger partial charge < -0.3 is 15.7 Å². The Balaban J connectivity index is 2.09. The van der Waals surface area contributed by atoms with Crippen LogP contribution in [0.5, 0.6) is 0 Å². The average molecular weight is 214 g/mol. The summed E-state index contributed by atoms with van der Waals surface area (Å²) in [5.74, 6) is 0.324. The van der Waals surface area contributed by atoms with Crippen LogP contribution < -0.4 is 5.73 Å². The highest BCUT2D eigenvalue weighted by Gasteiger charge is 2.43. The van der Waals surface area contributed by atoms with E-state index in [2.05, 4.69) is 12.1 Å². The third-order valence-electron chi connectivity index (χ3n) is 2.94. The van der Waals surface area contributed by atoms with Gasteiger partial charge in [-0.1, -0.05) is 24.9 Å². The van der Waals surface area contributed by atoms with Crippen molar-refractivity contribution in [3.8, 4) is 0 Å². The Hall–Kier alpha value is -0.770. The zero-order chi connectivity index (χ0) is 11.1. The second kappa shape index (κ2) is 5.95. The first-order valence-corrected chi connectivity index (χ1v) is 5.76. The molecule has 1 aliphatic carbocycles. The van der Waals surface area contributed by atoms with Crippen LogP contribution in [0.25, 0.3) is 0 Å². The summed E-state index contributed by atoms with van der Waals surface area (Å²) in [5, 5.41) is 11.5. The van der Waals surface area contributed by atoms with Crippen molar-refractivity contribution in [3.05, 3.63) is 0 Å². The molecule has 4 heteroatoms. The highest BCUT2D eigenvalue weighted by Crippen LogP contribution is 2.48. The molecule has 3 N–H and O–H groups in total. The first-order chi connectivity index (χ1) is 7.22. The summed E-state index contributed by atoms with van der Waals surface area (Å²) in [6, 6.07) is 0. The van der Waals surface area contributed by atoms with Crippen LogP contribution in [0, 0.1) is 5.41 Å². The fraction of sp³-hybridized carbons (Fsp3) is 0.909. The molecule has 0 aromatic carbocycles. The van der Waals surface area contributed by atoms with Crippen molar-refractivity contribution < 1.29 is 9.94 Å². The molecular formula is C11H22N2O2. The SMILES string of the molecule is CCCCCOCC1(CC(N)=NO)CC1. The molecule has 0 aromatic heterocycles. The first kappa shape index (κ1) is 12.3. The van der Waals surface area contributed by atoms with Gasteiger partial charge >= 0.3 is 0 Å². The number of nitrogens with two attached hydrogens (primary N) is 1. The van der Waals surface area contributed by atoms with Crippen LogP contribution in [0.1, 0.15) is 45.4 Å². The maximum Gasteiger partial charge on any atom is 0.139 e. The van der Waals surface area contributed by atoms with Gasteiger partial charge in [-0.05, 0) is 19.3 Å². The molecule has 0 amide bonds. The van der Waals surface area contributed by atoms with E-state index in [1.54, 1.807) is 0 Å². The molecule has 0 aliphatic heterocycles. The zero-order valence-corrected chi connectivity index (χ0v) is 9.54. The van der Waals surface area contributed by atoms with E-state index >= 15 is 0 Å². The lowest BCUT2D eigenvalue weighted by molar-refractivity contribution is 0.0892. The lowest BCUT2D eigenvalue weighted by atomic mass is 10.0. The van der Waals surface area contributed by atoms with E-state index in [0.29, 0.717) is 12.3 Å². The van der Waals surface area contributed by atoms with E-state index < -0.39 is 0 Å². The molecule has 0 spiro atoms. The predicted molar refractivity (Wildman–Crippen MR) is 60.0 cm³/mol. The molecule has 1 fully saturated rings. The normalized spacial score (nSPS) is 19.1. The van der Waals surface area contributed by atoms with Gasteiger partial charge in [-0.2, -0.15) is 0 Å². The number of nitrogens with zero attached hydrogens (tertiary/aromatic N) is 1. The Labute approximate surface area is 91.5 Å². The van der Waals surface area contributed by atoms with E-state index in [-0.39, 0.29) is 5.41 Å². The smallest absolute Gasteiger partial charge is 0.139 e. The molecule has 0 atom stereocenters. The molecule has 1 aliphatic rings. The van der Waals surface area contributed by atoms with Crippen LogP contribution in [-0.4, -0.2) is 24.3 Å². The van der Waals surface area contributed by atoms with E-state index in [9.17, 15) is 0 Å². The maximum absolute atomic E-state index is 8.49. The van der Waals surface area contributed by atoms with Crippen molar-refractivity contribution in [1.29, 1.82) is 0 Å². The molecule has 88 valence electrons. The average Bonchev–Trinajstić information content (AvgIpc) is 2.98.